The summed E-state index contributed by atoms with van der Waals surface area (Å²) in [4.78, 5) is 0. The van der Waals surface area contributed by atoms with E-state index < -0.39 is 5.41 Å². The van der Waals surface area contributed by atoms with Crippen LogP contribution in [0.4, 0.5) is 0 Å². The first-order valence-electron chi connectivity index (χ1n) is 10.5. The summed E-state index contributed by atoms with van der Waals surface area (Å²) in [5.74, 6) is 0. The van der Waals surface area contributed by atoms with Crippen molar-refractivity contribution in [1.82, 2.24) is 0 Å². The lowest BCUT2D eigenvalue weighted by Crippen LogP contribution is -2.42. The van der Waals surface area contributed by atoms with E-state index in [1.807, 2.05) is 30.3 Å². The van der Waals surface area contributed by atoms with Gasteiger partial charge in [-0.1, -0.05) is 30.3 Å². The first kappa shape index (κ1) is 26.9. The van der Waals surface area contributed by atoms with Crippen LogP contribution in [0.25, 0.3) is 0 Å². The van der Waals surface area contributed by atoms with Crippen molar-refractivity contribution in [2.75, 3.05) is 72.9 Å². The van der Waals surface area contributed by atoms with E-state index in [1.165, 1.54) is 0 Å². The quantitative estimate of drug-likeness (QED) is 0.198. The summed E-state index contributed by atoms with van der Waals surface area (Å²) >= 11 is 0. The molecule has 1 aromatic carbocycles. The van der Waals surface area contributed by atoms with E-state index in [0.29, 0.717) is 72.1 Å². The molecule has 174 valence electrons. The predicted molar refractivity (Wildman–Crippen MR) is 112 cm³/mol. The minimum atomic E-state index is -0.559. The Bertz CT molecular complexity index is 454. The van der Waals surface area contributed by atoms with Crippen LogP contribution in [0.15, 0.2) is 30.3 Å². The van der Waals surface area contributed by atoms with Crippen LogP contribution >= 0.6 is 0 Å². The van der Waals surface area contributed by atoms with Gasteiger partial charge >= 0.3 is 0 Å². The third-order valence-corrected chi connectivity index (χ3v) is 4.25. The van der Waals surface area contributed by atoms with Gasteiger partial charge in [-0.25, -0.2) is 0 Å². The average Bonchev–Trinajstić information content (AvgIpc) is 2.78. The minimum Gasteiger partial charge on any atom is -0.396 e. The van der Waals surface area contributed by atoms with Crippen LogP contribution in [0.1, 0.15) is 24.8 Å². The standard InChI is InChI=1S/C22H38O8/c23-9-4-12-26-16-22(17-27-13-5-10-24,18-28-14-6-11-25)19-30-20-29-15-21-7-2-1-3-8-21/h1-3,7-8,23-25H,4-6,9-20H2. The van der Waals surface area contributed by atoms with Crippen LogP contribution in [-0.4, -0.2) is 88.2 Å². The van der Waals surface area contributed by atoms with Gasteiger partial charge < -0.3 is 39.0 Å². The molecule has 0 aliphatic carbocycles. The zero-order chi connectivity index (χ0) is 21.8. The lowest BCUT2D eigenvalue weighted by molar-refractivity contribution is -0.142. The molecule has 0 spiro atoms. The van der Waals surface area contributed by atoms with Gasteiger partial charge in [0.05, 0.1) is 38.4 Å². The summed E-state index contributed by atoms with van der Waals surface area (Å²) in [6.07, 6.45) is 1.65. The van der Waals surface area contributed by atoms with Gasteiger partial charge in [-0.15, -0.1) is 0 Å². The number of rotatable bonds is 21. The summed E-state index contributed by atoms with van der Waals surface area (Å²) in [6.45, 7) is 3.38. The van der Waals surface area contributed by atoms with Crippen molar-refractivity contribution >= 4 is 0 Å². The van der Waals surface area contributed by atoms with E-state index >= 15 is 0 Å². The normalized spacial score (nSPS) is 11.8. The Kier molecular flexibility index (Phi) is 16.7. The number of benzene rings is 1. The second kappa shape index (κ2) is 18.7. The number of aliphatic hydroxyl groups excluding tert-OH is 3. The molecule has 0 aliphatic rings. The van der Waals surface area contributed by atoms with E-state index in [9.17, 15) is 0 Å². The molecule has 8 heteroatoms. The van der Waals surface area contributed by atoms with Crippen molar-refractivity contribution in [2.45, 2.75) is 25.9 Å². The molecule has 1 aromatic rings. The first-order valence-corrected chi connectivity index (χ1v) is 10.5. The summed E-state index contributed by atoms with van der Waals surface area (Å²) in [6, 6.07) is 9.86. The zero-order valence-electron chi connectivity index (χ0n) is 17.9. The third-order valence-electron chi connectivity index (χ3n) is 4.25. The molecule has 0 radical (unpaired) electrons. The van der Waals surface area contributed by atoms with Crippen LogP contribution in [0, 0.1) is 5.41 Å². The van der Waals surface area contributed by atoms with Gasteiger partial charge in [0.1, 0.15) is 6.79 Å². The van der Waals surface area contributed by atoms with Gasteiger partial charge in [0.2, 0.25) is 0 Å². The van der Waals surface area contributed by atoms with Crippen molar-refractivity contribution in [2.24, 2.45) is 5.41 Å². The summed E-state index contributed by atoms with van der Waals surface area (Å²) in [5, 5.41) is 26.9. The fourth-order valence-electron chi connectivity index (χ4n) is 2.67. The Morgan fingerprint density at radius 3 is 1.53 bits per heavy atom. The largest absolute Gasteiger partial charge is 0.396 e. The molecule has 3 N–H and O–H groups in total. The highest BCUT2D eigenvalue weighted by atomic mass is 16.7. The van der Waals surface area contributed by atoms with Crippen LogP contribution in [0.3, 0.4) is 0 Å². The number of aliphatic hydroxyl groups is 3. The van der Waals surface area contributed by atoms with Gasteiger partial charge in [-0.2, -0.15) is 0 Å². The maximum atomic E-state index is 8.97. The van der Waals surface area contributed by atoms with Crippen molar-refractivity contribution in [3.8, 4) is 0 Å². The smallest absolute Gasteiger partial charge is 0.147 e. The van der Waals surface area contributed by atoms with Crippen molar-refractivity contribution in [1.29, 1.82) is 0 Å². The van der Waals surface area contributed by atoms with Crippen LogP contribution in [0.5, 0.6) is 0 Å². The second-order valence-corrected chi connectivity index (χ2v) is 7.19. The van der Waals surface area contributed by atoms with E-state index in [4.69, 9.17) is 39.0 Å². The summed E-state index contributed by atoms with van der Waals surface area (Å²) < 4.78 is 28.6. The topological polar surface area (TPSA) is 107 Å². The molecule has 0 bridgehead atoms. The van der Waals surface area contributed by atoms with Gasteiger partial charge in [0.15, 0.2) is 0 Å². The zero-order valence-corrected chi connectivity index (χ0v) is 17.9. The molecule has 0 saturated heterocycles. The maximum absolute atomic E-state index is 8.97. The van der Waals surface area contributed by atoms with Gasteiger partial charge in [-0.3, -0.25) is 0 Å². The monoisotopic (exact) mass is 430 g/mol. The van der Waals surface area contributed by atoms with Crippen LogP contribution < -0.4 is 0 Å². The third kappa shape index (κ3) is 13.3. The fourth-order valence-corrected chi connectivity index (χ4v) is 2.67. The fraction of sp³-hybridized carbons (Fsp3) is 0.727. The molecule has 0 aromatic heterocycles. The average molecular weight is 431 g/mol. The Morgan fingerprint density at radius 1 is 0.600 bits per heavy atom. The summed E-state index contributed by atoms with van der Waals surface area (Å²) in [5.41, 5.74) is 0.510. The highest BCUT2D eigenvalue weighted by Gasteiger charge is 2.32. The lowest BCUT2D eigenvalue weighted by Gasteiger charge is -2.33. The number of hydrogen-bond donors (Lipinski definition) is 3. The molecule has 0 aliphatic heterocycles. The number of ether oxygens (including phenoxy) is 5. The van der Waals surface area contributed by atoms with Crippen molar-refractivity contribution < 1.29 is 39.0 Å². The van der Waals surface area contributed by atoms with E-state index in [-0.39, 0.29) is 26.6 Å². The van der Waals surface area contributed by atoms with E-state index in [1.54, 1.807) is 0 Å². The Balaban J connectivity index is 2.56. The highest BCUT2D eigenvalue weighted by Crippen LogP contribution is 2.21. The number of hydrogen-bond acceptors (Lipinski definition) is 8. The molecule has 0 amide bonds. The van der Waals surface area contributed by atoms with Gasteiger partial charge in [0.25, 0.3) is 0 Å². The lowest BCUT2D eigenvalue weighted by atomic mass is 9.92. The molecule has 0 atom stereocenters. The van der Waals surface area contributed by atoms with Gasteiger partial charge in [-0.05, 0) is 24.8 Å². The second-order valence-electron chi connectivity index (χ2n) is 7.19. The first-order chi connectivity index (χ1) is 14.8. The molecular formula is C22H38O8. The molecular weight excluding hydrogens is 392 g/mol. The van der Waals surface area contributed by atoms with Crippen LogP contribution in [-0.2, 0) is 30.3 Å². The van der Waals surface area contributed by atoms with E-state index in [0.717, 1.165) is 5.56 Å². The summed E-state index contributed by atoms with van der Waals surface area (Å²) in [7, 11) is 0. The molecule has 0 saturated carbocycles. The van der Waals surface area contributed by atoms with Crippen molar-refractivity contribution in [3.63, 3.8) is 0 Å². The SMILES string of the molecule is OCCCOCC(COCCCO)(COCCCO)COCOCc1ccccc1. The molecule has 0 heterocycles. The molecule has 0 fully saturated rings. The predicted octanol–water partition coefficient (Wildman–Crippen LogP) is 1.36. The highest BCUT2D eigenvalue weighted by molar-refractivity contribution is 5.13. The minimum absolute atomic E-state index is 0.0663. The molecule has 0 unspecified atom stereocenters. The van der Waals surface area contributed by atoms with Crippen molar-refractivity contribution in [3.05, 3.63) is 35.9 Å². The van der Waals surface area contributed by atoms with Crippen LogP contribution in [0.2, 0.25) is 0 Å². The van der Waals surface area contributed by atoms with Gasteiger partial charge in [0, 0.05) is 39.6 Å². The Morgan fingerprint density at radius 2 is 1.07 bits per heavy atom. The molecule has 30 heavy (non-hydrogen) atoms. The Labute approximate surface area is 179 Å². The maximum Gasteiger partial charge on any atom is 0.147 e. The Hall–Kier alpha value is -1.10. The molecule has 1 rings (SSSR count). The molecule has 8 nitrogen and oxygen atoms in total. The van der Waals surface area contributed by atoms with E-state index in [2.05, 4.69) is 0 Å².